The van der Waals surface area contributed by atoms with Gasteiger partial charge < -0.3 is 9.88 Å². The Hall–Kier alpha value is -3.51. The van der Waals surface area contributed by atoms with Crippen molar-refractivity contribution in [1.29, 1.82) is 0 Å². The maximum atomic E-state index is 12.9. The molecule has 0 amide bonds. The first-order chi connectivity index (χ1) is 14.7. The molecule has 0 spiro atoms. The first kappa shape index (κ1) is 18.5. The van der Waals surface area contributed by atoms with Gasteiger partial charge in [0.15, 0.2) is 0 Å². The number of aromatic nitrogens is 4. The molecule has 6 nitrogen and oxygen atoms in total. The molecular weight excluding hydrogens is 374 g/mol. The maximum absolute atomic E-state index is 12.9. The Labute approximate surface area is 174 Å². The fourth-order valence-corrected chi connectivity index (χ4v) is 4.26. The molecule has 150 valence electrons. The topological polar surface area (TPSA) is 64.7 Å². The average molecular weight is 397 g/mol. The van der Waals surface area contributed by atoms with Crippen molar-refractivity contribution in [3.8, 4) is 16.8 Å². The average Bonchev–Trinajstić information content (AvgIpc) is 2.89. The summed E-state index contributed by atoms with van der Waals surface area (Å²) in [6.07, 6.45) is 9.29. The Bertz CT molecular complexity index is 1310. The number of nitrogens with one attached hydrogen (secondary N) is 1. The van der Waals surface area contributed by atoms with Crippen LogP contribution in [0.25, 0.3) is 33.9 Å². The third kappa shape index (κ3) is 3.06. The Morgan fingerprint density at radius 3 is 2.73 bits per heavy atom. The van der Waals surface area contributed by atoms with Crippen molar-refractivity contribution in [2.24, 2.45) is 0 Å². The van der Waals surface area contributed by atoms with Gasteiger partial charge in [0.05, 0.1) is 11.2 Å². The second kappa shape index (κ2) is 7.39. The van der Waals surface area contributed by atoms with E-state index in [1.807, 2.05) is 31.5 Å². The SMILES string of the molecule is C=Cn1c2c(c3ccc(-n4ccc(-c5cnc(C)nc5)cc4=O)cc31)CNCCC2. The molecule has 0 bridgehead atoms. The zero-order valence-corrected chi connectivity index (χ0v) is 16.9. The van der Waals surface area contributed by atoms with Gasteiger partial charge in [-0.05, 0) is 55.6 Å². The van der Waals surface area contributed by atoms with Gasteiger partial charge >= 0.3 is 0 Å². The van der Waals surface area contributed by atoms with Gasteiger partial charge in [-0.25, -0.2) is 9.97 Å². The molecule has 1 aliphatic heterocycles. The fourth-order valence-electron chi connectivity index (χ4n) is 4.26. The van der Waals surface area contributed by atoms with E-state index in [1.54, 1.807) is 23.0 Å². The number of pyridine rings is 1. The van der Waals surface area contributed by atoms with Crippen LogP contribution in [0, 0.1) is 6.92 Å². The van der Waals surface area contributed by atoms with E-state index < -0.39 is 0 Å². The van der Waals surface area contributed by atoms with Crippen molar-refractivity contribution in [2.45, 2.75) is 26.3 Å². The van der Waals surface area contributed by atoms with Crippen LogP contribution < -0.4 is 10.9 Å². The molecule has 6 heteroatoms. The van der Waals surface area contributed by atoms with Gasteiger partial charge in [0.2, 0.25) is 0 Å². The fraction of sp³-hybridized carbons (Fsp3) is 0.208. The summed E-state index contributed by atoms with van der Waals surface area (Å²) in [7, 11) is 0. The number of hydrogen-bond donors (Lipinski definition) is 1. The molecule has 0 fully saturated rings. The van der Waals surface area contributed by atoms with Gasteiger partial charge in [0, 0.05) is 54.0 Å². The van der Waals surface area contributed by atoms with E-state index >= 15 is 0 Å². The quantitative estimate of drug-likeness (QED) is 0.573. The van der Waals surface area contributed by atoms with Crippen LogP contribution in [0.4, 0.5) is 0 Å². The lowest BCUT2D eigenvalue weighted by Gasteiger charge is -2.09. The van der Waals surface area contributed by atoms with Crippen molar-refractivity contribution >= 4 is 17.1 Å². The van der Waals surface area contributed by atoms with Gasteiger partial charge in [-0.1, -0.05) is 12.6 Å². The van der Waals surface area contributed by atoms with Crippen LogP contribution in [0.2, 0.25) is 0 Å². The number of fused-ring (bicyclic) bond motifs is 3. The molecule has 4 aromatic rings. The monoisotopic (exact) mass is 397 g/mol. The summed E-state index contributed by atoms with van der Waals surface area (Å²) in [4.78, 5) is 21.3. The number of hydrogen-bond acceptors (Lipinski definition) is 4. The van der Waals surface area contributed by atoms with Crippen molar-refractivity contribution in [3.63, 3.8) is 0 Å². The van der Waals surface area contributed by atoms with E-state index in [4.69, 9.17) is 0 Å². The van der Waals surface area contributed by atoms with Crippen molar-refractivity contribution in [1.82, 2.24) is 24.4 Å². The van der Waals surface area contributed by atoms with Gasteiger partial charge in [0.25, 0.3) is 5.56 Å². The van der Waals surface area contributed by atoms with E-state index in [1.165, 1.54) is 16.6 Å². The molecule has 5 rings (SSSR count). The summed E-state index contributed by atoms with van der Waals surface area (Å²) in [5.41, 5.74) is 6.11. The molecular formula is C24H23N5O. The predicted molar refractivity (Wildman–Crippen MR) is 120 cm³/mol. The van der Waals surface area contributed by atoms with E-state index in [0.717, 1.165) is 48.3 Å². The zero-order chi connectivity index (χ0) is 20.7. The summed E-state index contributed by atoms with van der Waals surface area (Å²) in [5.74, 6) is 0.708. The van der Waals surface area contributed by atoms with Crippen LogP contribution in [0.15, 0.2) is 60.3 Å². The Morgan fingerprint density at radius 1 is 1.13 bits per heavy atom. The second-order valence-electron chi connectivity index (χ2n) is 7.60. The predicted octanol–water partition coefficient (Wildman–Crippen LogP) is 3.69. The zero-order valence-electron chi connectivity index (χ0n) is 16.9. The smallest absolute Gasteiger partial charge is 0.255 e. The maximum Gasteiger partial charge on any atom is 0.255 e. The number of aryl methyl sites for hydroxylation is 1. The molecule has 0 radical (unpaired) electrons. The summed E-state index contributed by atoms with van der Waals surface area (Å²) in [6.45, 7) is 7.75. The largest absolute Gasteiger partial charge is 0.320 e. The minimum atomic E-state index is -0.0904. The van der Waals surface area contributed by atoms with E-state index in [2.05, 4.69) is 38.6 Å². The molecule has 3 aromatic heterocycles. The number of rotatable bonds is 3. The lowest BCUT2D eigenvalue weighted by Crippen LogP contribution is -2.16. The Kier molecular flexibility index (Phi) is 4.56. The van der Waals surface area contributed by atoms with Crippen LogP contribution in [0.1, 0.15) is 23.5 Å². The molecule has 1 aromatic carbocycles. The van der Waals surface area contributed by atoms with E-state index in [0.29, 0.717) is 5.82 Å². The van der Waals surface area contributed by atoms with Crippen molar-refractivity contribution in [2.75, 3.05) is 6.54 Å². The number of nitrogens with zero attached hydrogens (tertiary/aromatic N) is 4. The van der Waals surface area contributed by atoms with Gasteiger partial charge in [-0.15, -0.1) is 0 Å². The van der Waals surface area contributed by atoms with Crippen LogP contribution in [-0.2, 0) is 13.0 Å². The van der Waals surface area contributed by atoms with Gasteiger partial charge in [-0.2, -0.15) is 0 Å². The summed E-state index contributed by atoms with van der Waals surface area (Å²) < 4.78 is 3.84. The lowest BCUT2D eigenvalue weighted by molar-refractivity contribution is 0.679. The molecule has 0 unspecified atom stereocenters. The molecule has 1 aliphatic rings. The highest BCUT2D eigenvalue weighted by molar-refractivity contribution is 5.89. The normalized spacial score (nSPS) is 13.8. The molecule has 0 saturated heterocycles. The molecule has 4 heterocycles. The van der Waals surface area contributed by atoms with E-state index in [9.17, 15) is 4.79 Å². The first-order valence-corrected chi connectivity index (χ1v) is 10.2. The van der Waals surface area contributed by atoms with Gasteiger partial charge in [0.1, 0.15) is 5.82 Å². The third-order valence-corrected chi connectivity index (χ3v) is 5.77. The van der Waals surface area contributed by atoms with E-state index in [-0.39, 0.29) is 5.56 Å². The molecule has 30 heavy (non-hydrogen) atoms. The van der Waals surface area contributed by atoms with Crippen LogP contribution >= 0.6 is 0 Å². The van der Waals surface area contributed by atoms with Crippen LogP contribution in [0.3, 0.4) is 0 Å². The highest BCUT2D eigenvalue weighted by atomic mass is 16.1. The van der Waals surface area contributed by atoms with Crippen LogP contribution in [0.5, 0.6) is 0 Å². The number of benzene rings is 1. The molecule has 0 saturated carbocycles. The van der Waals surface area contributed by atoms with Crippen LogP contribution in [-0.4, -0.2) is 25.6 Å². The summed E-state index contributed by atoms with van der Waals surface area (Å²) >= 11 is 0. The minimum absolute atomic E-state index is 0.0904. The Morgan fingerprint density at radius 2 is 1.97 bits per heavy atom. The van der Waals surface area contributed by atoms with Gasteiger partial charge in [-0.3, -0.25) is 9.36 Å². The Balaban J connectivity index is 1.60. The third-order valence-electron chi connectivity index (χ3n) is 5.77. The summed E-state index contributed by atoms with van der Waals surface area (Å²) in [6, 6.07) is 9.75. The molecule has 0 aliphatic carbocycles. The second-order valence-corrected chi connectivity index (χ2v) is 7.60. The first-order valence-electron chi connectivity index (χ1n) is 10.2. The highest BCUT2D eigenvalue weighted by Crippen LogP contribution is 2.30. The standard InChI is InChI=1S/C24H23N5O/c1-3-28-22-5-4-9-25-15-21(22)20-7-6-19(12-23(20)28)29-10-8-17(11-24(29)30)18-13-26-16(2)27-14-18/h3,6-8,10-14,25H,1,4-5,9,15H2,2H3. The molecule has 1 N–H and O–H groups in total. The minimum Gasteiger partial charge on any atom is -0.320 e. The lowest BCUT2D eigenvalue weighted by atomic mass is 10.1. The summed E-state index contributed by atoms with van der Waals surface area (Å²) in [5, 5.41) is 4.71. The molecule has 0 atom stereocenters. The highest BCUT2D eigenvalue weighted by Gasteiger charge is 2.18. The van der Waals surface area contributed by atoms with Crippen molar-refractivity contribution < 1.29 is 0 Å². The van der Waals surface area contributed by atoms with Crippen molar-refractivity contribution in [3.05, 3.63) is 82.9 Å².